The van der Waals surface area contributed by atoms with E-state index in [4.69, 9.17) is 28.8 Å². The van der Waals surface area contributed by atoms with Crippen LogP contribution in [0, 0.1) is 6.92 Å². The number of fused-ring (bicyclic) bond motifs is 1. The Bertz CT molecular complexity index is 1810. The van der Waals surface area contributed by atoms with Crippen molar-refractivity contribution in [2.45, 2.75) is 147 Å². The van der Waals surface area contributed by atoms with E-state index in [-0.39, 0.29) is 28.4 Å². The molecule has 4 aromatic rings. The van der Waals surface area contributed by atoms with Gasteiger partial charge in [-0.15, -0.1) is 0 Å². The van der Waals surface area contributed by atoms with Gasteiger partial charge in [0.05, 0.1) is 17.2 Å². The van der Waals surface area contributed by atoms with E-state index in [0.717, 1.165) is 58.0 Å². The quantitative estimate of drug-likeness (QED) is 0.150. The predicted octanol–water partition coefficient (Wildman–Crippen LogP) is 10.2. The molecular formula is C39H59N5O4SSi2. The van der Waals surface area contributed by atoms with Crippen molar-refractivity contribution in [3.8, 4) is 11.3 Å². The maximum atomic E-state index is 7.48. The summed E-state index contributed by atoms with van der Waals surface area (Å²) in [4.78, 5) is 9.31. The molecule has 1 aromatic carbocycles. The van der Waals surface area contributed by atoms with Crippen LogP contribution in [0.15, 0.2) is 47.4 Å². The highest BCUT2D eigenvalue weighted by Crippen LogP contribution is 2.48. The fraction of sp³-hybridized carbons (Fsp3) is 0.615. The third-order valence-corrected chi connectivity index (χ3v) is 22.1. The van der Waals surface area contributed by atoms with Gasteiger partial charge in [-0.3, -0.25) is 0 Å². The molecule has 1 saturated carbocycles. The van der Waals surface area contributed by atoms with Crippen LogP contribution in [0.2, 0.25) is 36.3 Å². The highest BCUT2D eigenvalue weighted by atomic mass is 32.2. The summed E-state index contributed by atoms with van der Waals surface area (Å²) in [5.74, 6) is 3.25. The van der Waals surface area contributed by atoms with Crippen LogP contribution >= 0.6 is 11.8 Å². The summed E-state index contributed by atoms with van der Waals surface area (Å²) >= 11 is 1.83. The summed E-state index contributed by atoms with van der Waals surface area (Å²) in [6, 6.07) is 10.2. The molecule has 4 heterocycles. The van der Waals surface area contributed by atoms with Gasteiger partial charge in [0.25, 0.3) is 0 Å². The standard InChI is InChI=1S/C39H59N5O4SSi2/c1-25-29(32(46-43-25)27-19-13-12-14-20-27)22-49-23-30-33(47-50(8,9)38(2,3)4)34(48-51(10,11)39(5,6)7)37(45-30)44-21-28(26-17-15-16-18-26)31-35(40)41-24-42-36(31)44/h12-14,19-21,24,26,30,33-34,37H,15-18,22-23H2,1-11H3,(H2,40,41,42)/t30-,33-,34-,37-/m1/s1. The molecule has 278 valence electrons. The Labute approximate surface area is 311 Å². The summed E-state index contributed by atoms with van der Waals surface area (Å²) < 4.78 is 30.3. The molecule has 0 spiro atoms. The molecule has 0 unspecified atom stereocenters. The van der Waals surface area contributed by atoms with E-state index >= 15 is 0 Å². The molecule has 0 amide bonds. The summed E-state index contributed by atoms with van der Waals surface area (Å²) in [5, 5.41) is 5.30. The smallest absolute Gasteiger partial charge is 0.192 e. The minimum atomic E-state index is -2.30. The van der Waals surface area contributed by atoms with Crippen molar-refractivity contribution in [3.63, 3.8) is 0 Å². The van der Waals surface area contributed by atoms with Crippen molar-refractivity contribution in [1.82, 2.24) is 19.7 Å². The number of anilines is 1. The molecule has 4 atom stereocenters. The zero-order valence-corrected chi connectivity index (χ0v) is 35.4. The first kappa shape index (κ1) is 38.2. The van der Waals surface area contributed by atoms with Crippen molar-refractivity contribution in [2.24, 2.45) is 0 Å². The molecule has 2 N–H and O–H groups in total. The lowest BCUT2D eigenvalue weighted by molar-refractivity contribution is -0.0245. The van der Waals surface area contributed by atoms with E-state index in [2.05, 4.69) is 101 Å². The second kappa shape index (κ2) is 14.4. The van der Waals surface area contributed by atoms with Gasteiger partial charge in [0.15, 0.2) is 28.6 Å². The van der Waals surface area contributed by atoms with Gasteiger partial charge in [-0.25, -0.2) is 9.97 Å². The second-order valence-electron chi connectivity index (χ2n) is 17.6. The average Bonchev–Trinajstić information content (AvgIpc) is 3.84. The third kappa shape index (κ3) is 7.64. The Morgan fingerprint density at radius 2 is 1.55 bits per heavy atom. The normalized spacial score (nSPS) is 22.4. The second-order valence-corrected chi connectivity index (χ2v) is 28.2. The van der Waals surface area contributed by atoms with E-state index in [1.165, 1.54) is 18.4 Å². The molecule has 1 aliphatic carbocycles. The molecule has 0 radical (unpaired) electrons. The van der Waals surface area contributed by atoms with Crippen LogP contribution in [0.3, 0.4) is 0 Å². The van der Waals surface area contributed by atoms with Gasteiger partial charge in [-0.1, -0.05) is 89.9 Å². The molecule has 12 heteroatoms. The summed E-state index contributed by atoms with van der Waals surface area (Å²) in [5.41, 5.74) is 11.7. The average molecular weight is 750 g/mol. The Hall–Kier alpha value is -2.49. The van der Waals surface area contributed by atoms with Crippen LogP contribution in [-0.2, 0) is 19.3 Å². The van der Waals surface area contributed by atoms with Gasteiger partial charge < -0.3 is 28.4 Å². The van der Waals surface area contributed by atoms with E-state index in [9.17, 15) is 0 Å². The van der Waals surface area contributed by atoms with Crippen molar-refractivity contribution in [1.29, 1.82) is 0 Å². The van der Waals surface area contributed by atoms with Gasteiger partial charge in [-0.05, 0) is 67.5 Å². The number of nitrogen functional groups attached to an aromatic ring is 1. The van der Waals surface area contributed by atoms with Crippen LogP contribution in [-0.4, -0.2) is 60.4 Å². The van der Waals surface area contributed by atoms with E-state index in [1.807, 2.05) is 36.9 Å². The van der Waals surface area contributed by atoms with Crippen molar-refractivity contribution < 1.29 is 18.1 Å². The van der Waals surface area contributed by atoms with Crippen LogP contribution in [0.4, 0.5) is 5.82 Å². The van der Waals surface area contributed by atoms with Crippen molar-refractivity contribution >= 4 is 45.2 Å². The molecule has 0 bridgehead atoms. The van der Waals surface area contributed by atoms with E-state index in [1.54, 1.807) is 6.33 Å². The van der Waals surface area contributed by atoms with E-state index < -0.39 is 22.9 Å². The van der Waals surface area contributed by atoms with Crippen LogP contribution in [0.5, 0.6) is 0 Å². The summed E-state index contributed by atoms with van der Waals surface area (Å²) in [6.45, 7) is 25.1. The molecular weight excluding hydrogens is 691 g/mol. The first-order valence-corrected chi connectivity index (χ1v) is 25.6. The molecule has 6 rings (SSSR count). The molecule has 51 heavy (non-hydrogen) atoms. The highest BCUT2D eigenvalue weighted by molar-refractivity contribution is 7.98. The Balaban J connectivity index is 1.41. The molecule has 2 aliphatic rings. The Morgan fingerprint density at radius 1 is 0.922 bits per heavy atom. The van der Waals surface area contributed by atoms with Crippen molar-refractivity contribution in [2.75, 3.05) is 11.5 Å². The first-order chi connectivity index (χ1) is 23.9. The van der Waals surface area contributed by atoms with Crippen molar-refractivity contribution in [3.05, 3.63) is 59.7 Å². The fourth-order valence-corrected chi connectivity index (χ4v) is 10.7. The molecule has 1 saturated heterocycles. The molecule has 2 fully saturated rings. The summed E-state index contributed by atoms with van der Waals surface area (Å²) in [6.07, 6.45) is 7.28. The summed E-state index contributed by atoms with van der Waals surface area (Å²) in [7, 11) is -4.58. The predicted molar refractivity (Wildman–Crippen MR) is 214 cm³/mol. The van der Waals surface area contributed by atoms with E-state index in [0.29, 0.717) is 11.7 Å². The lowest BCUT2D eigenvalue weighted by Gasteiger charge is -2.44. The van der Waals surface area contributed by atoms with Gasteiger partial charge in [-0.2, -0.15) is 11.8 Å². The van der Waals surface area contributed by atoms with Gasteiger partial charge >= 0.3 is 0 Å². The number of rotatable bonds is 11. The number of nitrogens with two attached hydrogens (primary N) is 1. The molecule has 3 aromatic heterocycles. The van der Waals surface area contributed by atoms with Gasteiger partial charge in [0, 0.05) is 28.8 Å². The maximum Gasteiger partial charge on any atom is 0.192 e. The van der Waals surface area contributed by atoms with Gasteiger partial charge in [0.2, 0.25) is 0 Å². The van der Waals surface area contributed by atoms with Gasteiger partial charge in [0.1, 0.15) is 30.0 Å². The zero-order chi connectivity index (χ0) is 36.9. The minimum absolute atomic E-state index is 0.00588. The first-order valence-electron chi connectivity index (χ1n) is 18.6. The maximum absolute atomic E-state index is 7.48. The Kier molecular flexibility index (Phi) is 10.8. The van der Waals surface area contributed by atoms with Crippen LogP contribution < -0.4 is 5.73 Å². The minimum Gasteiger partial charge on any atom is -0.408 e. The fourth-order valence-electron chi connectivity index (χ4n) is 6.90. The number of hydrogen-bond acceptors (Lipinski definition) is 9. The lowest BCUT2D eigenvalue weighted by atomic mass is 9.98. The largest absolute Gasteiger partial charge is 0.408 e. The topological polar surface area (TPSA) is 110 Å². The third-order valence-electron chi connectivity index (χ3n) is 12.0. The number of nitrogens with zero attached hydrogens (tertiary/aromatic N) is 4. The Morgan fingerprint density at radius 3 is 2.18 bits per heavy atom. The lowest BCUT2D eigenvalue weighted by Crippen LogP contribution is -2.53. The molecule has 9 nitrogen and oxygen atoms in total. The number of ether oxygens (including phenoxy) is 1. The monoisotopic (exact) mass is 749 g/mol. The zero-order valence-electron chi connectivity index (χ0n) is 32.6. The highest BCUT2D eigenvalue weighted by Gasteiger charge is 2.54. The number of aryl methyl sites for hydroxylation is 1. The SMILES string of the molecule is Cc1noc(-c2ccccc2)c1CSC[C@H]1O[C@@H](n2cc(C3CCCC3)c3c(N)ncnc32)[C@H](O[Si](C)(C)C(C)(C)C)[C@@H]1O[Si](C)(C)C(C)(C)C. The number of benzene rings is 1. The number of aromatic nitrogens is 4. The molecule has 1 aliphatic heterocycles. The number of hydrogen-bond donors (Lipinski definition) is 1. The van der Waals surface area contributed by atoms with Crippen LogP contribution in [0.1, 0.15) is 96.2 Å². The van der Waals surface area contributed by atoms with Crippen LogP contribution in [0.25, 0.3) is 22.4 Å². The number of thioether (sulfide) groups is 1.